The number of benzene rings is 14. The van der Waals surface area contributed by atoms with E-state index in [9.17, 15) is 0 Å². The number of aryl methyl sites for hydroxylation is 3. The first-order valence-electron chi connectivity index (χ1n) is 41.2. The van der Waals surface area contributed by atoms with E-state index in [-0.39, 0.29) is 5.41 Å². The smallest absolute Gasteiger partial charge is 0.0158 e. The lowest BCUT2D eigenvalue weighted by Gasteiger charge is -2.20. The van der Waals surface area contributed by atoms with E-state index >= 15 is 0 Å². The summed E-state index contributed by atoms with van der Waals surface area (Å²) < 4.78 is 0. The molecular formula is C115H148. The predicted molar refractivity (Wildman–Crippen MR) is 520 cm³/mol. The molecule has 0 saturated heterocycles. The minimum absolute atomic E-state index is 0.160. The number of hydrogen-bond donors (Lipinski definition) is 0. The zero-order valence-electron chi connectivity index (χ0n) is 76.5. The van der Waals surface area contributed by atoms with E-state index in [4.69, 9.17) is 0 Å². The second kappa shape index (κ2) is 52.9. The monoisotopic (exact) mass is 1530 g/mol. The Hall–Kier alpha value is -10.4. The predicted octanol–water partition coefficient (Wildman–Crippen LogP) is 35.6. The molecule has 0 aliphatic heterocycles. The van der Waals surface area contributed by atoms with Crippen LogP contribution in [0.3, 0.4) is 0 Å². The summed E-state index contributed by atoms with van der Waals surface area (Å²) in [6.07, 6.45) is 0. The van der Waals surface area contributed by atoms with Gasteiger partial charge in [0, 0.05) is 5.41 Å². The van der Waals surface area contributed by atoms with Gasteiger partial charge < -0.3 is 0 Å². The number of rotatable bonds is 2. The van der Waals surface area contributed by atoms with Crippen molar-refractivity contribution in [3.05, 3.63) is 422 Å². The van der Waals surface area contributed by atoms with Crippen LogP contribution in [0.25, 0.3) is 54.9 Å². The molecule has 15 rings (SSSR count). The van der Waals surface area contributed by atoms with Crippen LogP contribution in [-0.2, 0) is 10.8 Å². The first-order chi connectivity index (χ1) is 53.9. The van der Waals surface area contributed by atoms with Crippen molar-refractivity contribution in [1.82, 2.24) is 0 Å². The molecule has 0 unspecified atom stereocenters. The van der Waals surface area contributed by atoms with E-state index in [2.05, 4.69) is 503 Å². The van der Waals surface area contributed by atoms with Gasteiger partial charge in [-0.05, 0) is 125 Å². The summed E-state index contributed by atoms with van der Waals surface area (Å²) in [7, 11) is 0. The Labute approximate surface area is 703 Å². The fourth-order valence-corrected chi connectivity index (χ4v) is 10.0. The van der Waals surface area contributed by atoms with E-state index in [0.29, 0.717) is 32.5 Å². The van der Waals surface area contributed by atoms with Gasteiger partial charge in [-0.3, -0.25) is 0 Å². The number of hydrogen-bond acceptors (Lipinski definition) is 0. The van der Waals surface area contributed by atoms with Gasteiger partial charge in [-0.2, -0.15) is 0 Å². The molecule has 0 amide bonds. The molecule has 608 valence electrons. The molecule has 1 aliphatic carbocycles. The molecule has 1 aliphatic rings. The highest BCUT2D eigenvalue weighted by Gasteiger charge is 2.34. The van der Waals surface area contributed by atoms with Crippen LogP contribution in [0.15, 0.2) is 388 Å². The summed E-state index contributed by atoms with van der Waals surface area (Å²) in [6, 6.07) is 134. The fourth-order valence-electron chi connectivity index (χ4n) is 10.0. The maximum Gasteiger partial charge on any atom is 0.0158 e. The Morgan fingerprint density at radius 3 is 0.452 bits per heavy atom. The molecule has 0 radical (unpaired) electrons. The van der Waals surface area contributed by atoms with Gasteiger partial charge in [0.15, 0.2) is 0 Å². The summed E-state index contributed by atoms with van der Waals surface area (Å²) in [6.45, 7) is 61.3. The van der Waals surface area contributed by atoms with Crippen molar-refractivity contribution in [2.75, 3.05) is 0 Å². The van der Waals surface area contributed by atoms with Gasteiger partial charge in [0.05, 0.1) is 0 Å². The third-order valence-electron chi connectivity index (χ3n) is 15.0. The van der Waals surface area contributed by atoms with E-state index in [0.717, 1.165) is 0 Å². The van der Waals surface area contributed by atoms with Crippen LogP contribution >= 0.6 is 0 Å². The Morgan fingerprint density at radius 1 is 0.165 bits per heavy atom. The van der Waals surface area contributed by atoms with E-state index in [1.54, 1.807) is 0 Å². The zero-order chi connectivity index (χ0) is 86.0. The van der Waals surface area contributed by atoms with Crippen LogP contribution in [0, 0.1) is 47.8 Å². The Bertz CT molecular complexity index is 4100. The van der Waals surface area contributed by atoms with Crippen LogP contribution in [0.1, 0.15) is 206 Å². The van der Waals surface area contributed by atoms with Crippen molar-refractivity contribution in [2.45, 2.75) is 205 Å². The maximum atomic E-state index is 2.30. The molecule has 0 saturated carbocycles. The van der Waals surface area contributed by atoms with Crippen molar-refractivity contribution < 1.29 is 0 Å². The van der Waals surface area contributed by atoms with Gasteiger partial charge in [0.1, 0.15) is 0 Å². The van der Waals surface area contributed by atoms with Gasteiger partial charge in [-0.1, -0.05) is 578 Å². The van der Waals surface area contributed by atoms with Crippen molar-refractivity contribution in [3.8, 4) is 33.4 Å². The lowest BCUT2D eigenvalue weighted by molar-refractivity contribution is 0.469. The first kappa shape index (κ1) is 101. The highest BCUT2D eigenvalue weighted by molar-refractivity contribution is 5.83. The number of fused-ring (bicyclic) bond motifs is 5. The Morgan fingerprint density at radius 2 is 0.304 bits per heavy atom. The molecule has 0 fully saturated rings. The van der Waals surface area contributed by atoms with Gasteiger partial charge >= 0.3 is 0 Å². The SMILES string of the molecule is CC(C)(C)C.CC(C)(C)C.CC(C)(C)C.CC(C)(C)C.CC(C)(C)C.CC(C)(C)c1ccccc1.CC1(C)c2ccccc2-c2ccccc21.Cc1ccccc1.Cc1ccccc1.Cc1ccccc1.c1ccc(-c2ccccc2)cc1.c1ccc(-c2ccccc2)cc1.c1ccc2ccccc2c1.c1ccc2ccccc2c1. The minimum atomic E-state index is 0.160. The summed E-state index contributed by atoms with van der Waals surface area (Å²) in [5.74, 6) is 0. The summed E-state index contributed by atoms with van der Waals surface area (Å²) >= 11 is 0. The van der Waals surface area contributed by atoms with Gasteiger partial charge in [0.2, 0.25) is 0 Å². The summed E-state index contributed by atoms with van der Waals surface area (Å²) in [4.78, 5) is 0. The molecule has 0 atom stereocenters. The highest BCUT2D eigenvalue weighted by Crippen LogP contribution is 2.48. The van der Waals surface area contributed by atoms with Gasteiger partial charge in [0.25, 0.3) is 0 Å². The molecular weight excluding hydrogens is 1380 g/mol. The molecule has 0 heterocycles. The summed E-state index contributed by atoms with van der Waals surface area (Å²) in [5, 5.41) is 5.24. The topological polar surface area (TPSA) is 0 Å². The lowest BCUT2D eigenvalue weighted by Crippen LogP contribution is -2.14. The second-order valence-corrected chi connectivity index (χ2v) is 38.5. The van der Waals surface area contributed by atoms with Crippen LogP contribution in [-0.4, -0.2) is 0 Å². The molecule has 14 aromatic rings. The van der Waals surface area contributed by atoms with Crippen molar-refractivity contribution in [2.24, 2.45) is 27.1 Å². The Balaban J connectivity index is 0.000000427. The third kappa shape index (κ3) is 53.3. The molecule has 0 N–H and O–H groups in total. The first-order valence-corrected chi connectivity index (χ1v) is 41.2. The van der Waals surface area contributed by atoms with Crippen molar-refractivity contribution in [3.63, 3.8) is 0 Å². The van der Waals surface area contributed by atoms with Crippen LogP contribution in [0.2, 0.25) is 0 Å². The van der Waals surface area contributed by atoms with Crippen molar-refractivity contribution >= 4 is 21.5 Å². The molecule has 14 aromatic carbocycles. The largest absolute Gasteiger partial charge is 0.0622 e. The van der Waals surface area contributed by atoms with Gasteiger partial charge in [-0.25, -0.2) is 0 Å². The van der Waals surface area contributed by atoms with Gasteiger partial charge in [-0.15, -0.1) is 0 Å². The normalized spacial score (nSPS) is 11.0. The average molecular weight is 1530 g/mol. The van der Waals surface area contributed by atoms with E-state index in [1.165, 1.54) is 88.3 Å². The van der Waals surface area contributed by atoms with E-state index in [1.807, 2.05) is 78.9 Å². The highest BCUT2D eigenvalue weighted by atomic mass is 14.4. The summed E-state index contributed by atoms with van der Waals surface area (Å²) in [5.41, 5.74) is 19.1. The molecule has 0 nitrogen and oxygen atoms in total. The van der Waals surface area contributed by atoms with Crippen molar-refractivity contribution in [1.29, 1.82) is 0 Å². The Kier molecular flexibility index (Phi) is 46.3. The van der Waals surface area contributed by atoms with E-state index < -0.39 is 0 Å². The quantitative estimate of drug-likeness (QED) is 0.162. The molecule has 0 aromatic heterocycles. The second-order valence-electron chi connectivity index (χ2n) is 38.5. The molecule has 0 bridgehead atoms. The average Bonchev–Trinajstić information content (AvgIpc) is 1.59. The fraction of sp³-hybridized carbons (Fsp3) is 0.304. The van der Waals surface area contributed by atoms with Crippen LogP contribution in [0.5, 0.6) is 0 Å². The van der Waals surface area contributed by atoms with Crippen LogP contribution < -0.4 is 0 Å². The third-order valence-corrected chi connectivity index (χ3v) is 15.0. The van der Waals surface area contributed by atoms with Crippen LogP contribution in [0.4, 0.5) is 0 Å². The molecule has 115 heavy (non-hydrogen) atoms. The lowest BCUT2D eigenvalue weighted by atomic mass is 9.82. The zero-order valence-corrected chi connectivity index (χ0v) is 76.5. The minimum Gasteiger partial charge on any atom is -0.0622 e. The maximum absolute atomic E-state index is 2.30. The standard InChI is InChI=1S/C15H14.2C12H10.2C10H8.C10H14.3C7H8.5C5H12/c1-15(2)13-9-5-3-7-11(13)12-8-4-6-10-14(12)15;2*1-3-7-11(8-4-1)12-9-5-2-6-10-12;2*1-2-6-10-8-4-3-7-9(10)5-1;1-10(2,3)9-7-5-4-6-8-9;3*1-7-5-3-2-4-6-7;5*1-5(2,3)4/h3-10H,1-2H3;2*1-10H;2*1-8H;4-8H,1-3H3;3*2-6H,1H3;5*1-4H3. The molecule has 0 spiro atoms. The molecule has 0 heteroatoms.